The van der Waals surface area contributed by atoms with E-state index in [1.807, 2.05) is 36.1 Å². The van der Waals surface area contributed by atoms with E-state index in [2.05, 4.69) is 4.90 Å². The van der Waals surface area contributed by atoms with Crippen LogP contribution in [-0.2, 0) is 14.8 Å². The standard InChI is InChI=1S/C25H32ClN3O5S/c1-3-34-24-11-10-22(17-23(24)26)35(31,32)29-12-4-5-19(18-29)25(30)28-15-13-27(14-16-28)20-6-8-21(33-2)9-7-20/h6-11,17,19H,3-5,12-16,18H2,1-2H3/t19-/m1/s1. The Kier molecular flexibility index (Phi) is 8.09. The number of piperazine rings is 1. The number of methoxy groups -OCH3 is 1. The molecular formula is C25H32ClN3O5S. The van der Waals surface area contributed by atoms with Crippen LogP contribution < -0.4 is 14.4 Å². The molecule has 0 bridgehead atoms. The number of hydrogen-bond acceptors (Lipinski definition) is 6. The average molecular weight is 522 g/mol. The fraction of sp³-hybridized carbons (Fsp3) is 0.480. The maximum Gasteiger partial charge on any atom is 0.243 e. The molecule has 2 aliphatic rings. The first-order chi connectivity index (χ1) is 16.8. The number of amides is 1. The highest BCUT2D eigenvalue weighted by Crippen LogP contribution is 2.31. The van der Waals surface area contributed by atoms with Crippen LogP contribution in [-0.4, -0.2) is 76.5 Å². The Morgan fingerprint density at radius 2 is 1.77 bits per heavy atom. The zero-order valence-corrected chi connectivity index (χ0v) is 21.7. The van der Waals surface area contributed by atoms with Gasteiger partial charge in [-0.3, -0.25) is 4.79 Å². The van der Waals surface area contributed by atoms with Crippen molar-refractivity contribution in [2.24, 2.45) is 5.92 Å². The van der Waals surface area contributed by atoms with Gasteiger partial charge in [-0.05, 0) is 62.2 Å². The lowest BCUT2D eigenvalue weighted by molar-refractivity contribution is -0.137. The summed E-state index contributed by atoms with van der Waals surface area (Å²) in [6.45, 7) is 5.55. The largest absolute Gasteiger partial charge is 0.497 e. The van der Waals surface area contributed by atoms with Gasteiger partial charge in [0.2, 0.25) is 15.9 Å². The third-order valence-corrected chi connectivity index (χ3v) is 8.76. The third-order valence-electron chi connectivity index (χ3n) is 6.60. The highest BCUT2D eigenvalue weighted by atomic mass is 35.5. The van der Waals surface area contributed by atoms with Crippen molar-refractivity contribution in [3.05, 3.63) is 47.5 Å². The van der Waals surface area contributed by atoms with Crippen molar-refractivity contribution in [3.8, 4) is 11.5 Å². The summed E-state index contributed by atoms with van der Waals surface area (Å²) in [4.78, 5) is 17.5. The molecule has 1 atom stereocenters. The zero-order chi connectivity index (χ0) is 25.0. The highest BCUT2D eigenvalue weighted by Gasteiger charge is 2.36. The Morgan fingerprint density at radius 1 is 1.06 bits per heavy atom. The maximum absolute atomic E-state index is 13.3. The first-order valence-corrected chi connectivity index (χ1v) is 13.8. The van der Waals surface area contributed by atoms with Gasteiger partial charge in [-0.1, -0.05) is 11.6 Å². The SMILES string of the molecule is CCOc1ccc(S(=O)(=O)N2CCC[C@@H](C(=O)N3CCN(c4ccc(OC)cc4)CC3)C2)cc1Cl. The molecule has 35 heavy (non-hydrogen) atoms. The second-order valence-corrected chi connectivity index (χ2v) is 11.1. The second kappa shape index (κ2) is 11.1. The van der Waals surface area contributed by atoms with E-state index in [0.717, 1.165) is 24.5 Å². The third kappa shape index (κ3) is 5.68. The van der Waals surface area contributed by atoms with E-state index in [1.54, 1.807) is 13.2 Å². The van der Waals surface area contributed by atoms with Gasteiger partial charge in [0.1, 0.15) is 11.5 Å². The minimum Gasteiger partial charge on any atom is -0.497 e. The molecule has 0 radical (unpaired) electrons. The van der Waals surface area contributed by atoms with E-state index >= 15 is 0 Å². The smallest absolute Gasteiger partial charge is 0.243 e. The van der Waals surface area contributed by atoms with Crippen molar-refractivity contribution in [3.63, 3.8) is 0 Å². The van der Waals surface area contributed by atoms with Gasteiger partial charge in [0.05, 0.1) is 29.6 Å². The molecule has 2 aromatic rings. The summed E-state index contributed by atoms with van der Waals surface area (Å²) in [5, 5.41) is 0.257. The van der Waals surface area contributed by atoms with Crippen LogP contribution in [0.25, 0.3) is 0 Å². The van der Waals surface area contributed by atoms with Crippen molar-refractivity contribution in [1.82, 2.24) is 9.21 Å². The molecule has 0 aromatic heterocycles. The molecule has 8 nitrogen and oxygen atoms in total. The lowest BCUT2D eigenvalue weighted by Gasteiger charge is -2.39. The van der Waals surface area contributed by atoms with Gasteiger partial charge in [0.25, 0.3) is 0 Å². The number of benzene rings is 2. The molecule has 2 heterocycles. The lowest BCUT2D eigenvalue weighted by atomic mass is 9.97. The number of carbonyl (C=O) groups is 1. The zero-order valence-electron chi connectivity index (χ0n) is 20.2. The fourth-order valence-electron chi connectivity index (χ4n) is 4.66. The van der Waals surface area contributed by atoms with Crippen LogP contribution in [0.15, 0.2) is 47.4 Å². The quantitative estimate of drug-likeness (QED) is 0.555. The summed E-state index contributed by atoms with van der Waals surface area (Å²) >= 11 is 6.23. The van der Waals surface area contributed by atoms with Gasteiger partial charge < -0.3 is 19.3 Å². The highest BCUT2D eigenvalue weighted by molar-refractivity contribution is 7.89. The van der Waals surface area contributed by atoms with Crippen LogP contribution in [0.2, 0.25) is 5.02 Å². The molecule has 0 saturated carbocycles. The predicted octanol–water partition coefficient (Wildman–Crippen LogP) is 3.50. The minimum atomic E-state index is -3.76. The lowest BCUT2D eigenvalue weighted by Crippen LogP contribution is -2.53. The number of rotatable bonds is 7. The van der Waals surface area contributed by atoms with Crippen molar-refractivity contribution in [2.75, 3.05) is 57.9 Å². The van der Waals surface area contributed by atoms with Gasteiger partial charge in [-0.25, -0.2) is 8.42 Å². The number of anilines is 1. The van der Waals surface area contributed by atoms with Crippen LogP contribution in [0.4, 0.5) is 5.69 Å². The molecule has 2 aromatic carbocycles. The summed E-state index contributed by atoms with van der Waals surface area (Å²) in [6.07, 6.45) is 1.33. The summed E-state index contributed by atoms with van der Waals surface area (Å²) in [5.41, 5.74) is 1.10. The Morgan fingerprint density at radius 3 is 2.40 bits per heavy atom. The molecule has 10 heteroatoms. The summed E-state index contributed by atoms with van der Waals surface area (Å²) < 4.78 is 38.6. The number of hydrogen-bond donors (Lipinski definition) is 0. The normalized spacial score (nSPS) is 19.5. The molecule has 0 aliphatic carbocycles. The molecule has 190 valence electrons. The van der Waals surface area contributed by atoms with Crippen LogP contribution >= 0.6 is 11.6 Å². The maximum atomic E-state index is 13.3. The van der Waals surface area contributed by atoms with E-state index in [4.69, 9.17) is 21.1 Å². The fourth-order valence-corrected chi connectivity index (χ4v) is 6.51. The number of carbonyl (C=O) groups excluding carboxylic acids is 1. The van der Waals surface area contributed by atoms with Crippen molar-refractivity contribution in [1.29, 1.82) is 0 Å². The predicted molar refractivity (Wildman–Crippen MR) is 136 cm³/mol. The molecule has 1 amide bonds. The van der Waals surface area contributed by atoms with Gasteiger partial charge in [-0.2, -0.15) is 4.31 Å². The Hall–Kier alpha value is -2.49. The molecular weight excluding hydrogens is 490 g/mol. The molecule has 0 N–H and O–H groups in total. The number of nitrogens with zero attached hydrogens (tertiary/aromatic N) is 3. The minimum absolute atomic E-state index is 0.0315. The van der Waals surface area contributed by atoms with Crippen molar-refractivity contribution in [2.45, 2.75) is 24.7 Å². The van der Waals surface area contributed by atoms with Crippen LogP contribution in [0.1, 0.15) is 19.8 Å². The molecule has 0 spiro atoms. The molecule has 0 unspecified atom stereocenters. The van der Waals surface area contributed by atoms with Crippen LogP contribution in [0.5, 0.6) is 11.5 Å². The molecule has 2 fully saturated rings. The molecule has 2 saturated heterocycles. The first-order valence-electron chi connectivity index (χ1n) is 11.9. The number of halogens is 1. The summed E-state index contributed by atoms with van der Waals surface area (Å²) in [6, 6.07) is 12.4. The summed E-state index contributed by atoms with van der Waals surface area (Å²) in [5.74, 6) is 0.953. The Bertz CT molecular complexity index is 1130. The first kappa shape index (κ1) is 25.6. The van der Waals surface area contributed by atoms with Crippen LogP contribution in [0.3, 0.4) is 0 Å². The topological polar surface area (TPSA) is 79.4 Å². The molecule has 4 rings (SSSR count). The van der Waals surface area contributed by atoms with Crippen molar-refractivity contribution < 1.29 is 22.7 Å². The Labute approximate surface area is 212 Å². The van der Waals surface area contributed by atoms with E-state index < -0.39 is 10.0 Å². The van der Waals surface area contributed by atoms with Gasteiger partial charge >= 0.3 is 0 Å². The van der Waals surface area contributed by atoms with Gasteiger partial charge in [0, 0.05) is 45.0 Å². The van der Waals surface area contributed by atoms with Gasteiger partial charge in [-0.15, -0.1) is 0 Å². The number of sulfonamides is 1. The van der Waals surface area contributed by atoms with E-state index in [0.29, 0.717) is 44.8 Å². The van der Waals surface area contributed by atoms with Gasteiger partial charge in [0.15, 0.2) is 0 Å². The van der Waals surface area contributed by atoms with E-state index in [1.165, 1.54) is 16.4 Å². The molecule has 2 aliphatic heterocycles. The second-order valence-electron chi connectivity index (χ2n) is 8.74. The number of ether oxygens (including phenoxy) is 2. The monoisotopic (exact) mass is 521 g/mol. The van der Waals surface area contributed by atoms with Crippen LogP contribution in [0, 0.1) is 5.92 Å². The Balaban J connectivity index is 1.38. The summed E-state index contributed by atoms with van der Waals surface area (Å²) in [7, 11) is -2.12. The number of piperidine rings is 1. The van der Waals surface area contributed by atoms with Crippen molar-refractivity contribution >= 4 is 33.2 Å². The average Bonchev–Trinajstić information content (AvgIpc) is 2.89. The van der Waals surface area contributed by atoms with E-state index in [-0.39, 0.29) is 28.3 Å². The van der Waals surface area contributed by atoms with E-state index in [9.17, 15) is 13.2 Å².